The summed E-state index contributed by atoms with van der Waals surface area (Å²) in [6, 6.07) is 5.11. The number of hydrogen-bond donors (Lipinski definition) is 2. The van der Waals surface area contributed by atoms with E-state index in [0.29, 0.717) is 23.5 Å². The van der Waals surface area contributed by atoms with Crippen LogP contribution in [0.15, 0.2) is 18.2 Å². The Kier molecular flexibility index (Phi) is 4.18. The molecule has 0 aliphatic heterocycles. The van der Waals surface area contributed by atoms with E-state index in [2.05, 4.69) is 0 Å². The van der Waals surface area contributed by atoms with E-state index in [-0.39, 0.29) is 5.91 Å². The molecule has 1 aromatic carbocycles. The minimum Gasteiger partial charge on any atom is -0.494 e. The minimum atomic E-state index is -0.752. The summed E-state index contributed by atoms with van der Waals surface area (Å²) in [5.74, 6) is 0.206. The highest BCUT2D eigenvalue weighted by molar-refractivity contribution is 5.98. The van der Waals surface area contributed by atoms with E-state index in [1.165, 1.54) is 7.11 Å². The Morgan fingerprint density at radius 2 is 2.10 bits per heavy atom. The van der Waals surface area contributed by atoms with Crippen LogP contribution in [0.2, 0.25) is 0 Å². The normalized spacial score (nSPS) is 16.9. The molecule has 2 rings (SSSR count). The maximum absolute atomic E-state index is 12.5. The van der Waals surface area contributed by atoms with Crippen LogP contribution < -0.4 is 10.5 Å². The van der Waals surface area contributed by atoms with Crippen LogP contribution in [0.4, 0.5) is 5.69 Å². The number of nitrogens with two attached hydrogens (primary N) is 1. The maximum atomic E-state index is 12.5. The molecule has 5 nitrogen and oxygen atoms in total. The number of rotatable bonds is 4. The lowest BCUT2D eigenvalue weighted by Gasteiger charge is -2.29. The van der Waals surface area contributed by atoms with Crippen LogP contribution in [-0.4, -0.2) is 42.2 Å². The number of carbonyl (C=O) groups excluding carboxylic acids is 1. The lowest BCUT2D eigenvalue weighted by atomic mass is 10.0. The average molecular weight is 278 g/mol. The highest BCUT2D eigenvalue weighted by Gasteiger charge is 2.34. The third kappa shape index (κ3) is 2.88. The van der Waals surface area contributed by atoms with Crippen molar-refractivity contribution in [2.24, 2.45) is 0 Å². The molecule has 1 saturated carbocycles. The van der Waals surface area contributed by atoms with Gasteiger partial charge in [0.2, 0.25) is 0 Å². The van der Waals surface area contributed by atoms with Gasteiger partial charge in [-0.3, -0.25) is 4.79 Å². The van der Waals surface area contributed by atoms with Gasteiger partial charge in [-0.1, -0.05) is 18.9 Å². The van der Waals surface area contributed by atoms with Gasteiger partial charge in [0.1, 0.15) is 0 Å². The third-order valence-electron chi connectivity index (χ3n) is 3.89. The molecule has 110 valence electrons. The summed E-state index contributed by atoms with van der Waals surface area (Å²) in [5.41, 5.74) is 5.93. The van der Waals surface area contributed by atoms with Gasteiger partial charge in [-0.2, -0.15) is 0 Å². The third-order valence-corrected chi connectivity index (χ3v) is 3.89. The molecule has 0 radical (unpaired) electrons. The quantitative estimate of drug-likeness (QED) is 0.821. The van der Waals surface area contributed by atoms with Crippen molar-refractivity contribution in [1.29, 1.82) is 0 Å². The lowest BCUT2D eigenvalue weighted by Crippen LogP contribution is -2.42. The predicted molar refractivity (Wildman–Crippen MR) is 77.8 cm³/mol. The number of methoxy groups -OCH3 is 1. The summed E-state index contributed by atoms with van der Waals surface area (Å²) in [4.78, 5) is 14.0. The van der Waals surface area contributed by atoms with Gasteiger partial charge in [0.15, 0.2) is 5.75 Å². The lowest BCUT2D eigenvalue weighted by molar-refractivity contribution is 0.0156. The first-order chi connectivity index (χ1) is 9.47. The largest absolute Gasteiger partial charge is 0.494 e. The Balaban J connectivity index is 2.16. The van der Waals surface area contributed by atoms with Crippen molar-refractivity contribution in [2.75, 3.05) is 26.4 Å². The van der Waals surface area contributed by atoms with Gasteiger partial charge in [-0.15, -0.1) is 0 Å². The summed E-state index contributed by atoms with van der Waals surface area (Å²) in [5, 5.41) is 10.4. The Bertz CT molecular complexity index is 496. The second-order valence-corrected chi connectivity index (χ2v) is 5.52. The standard InChI is InChI=1S/C15H22N2O3/c1-17(10-15(19)8-3-4-9-15)14(18)11-6-5-7-12(16)13(11)20-2/h5-7,19H,3-4,8-10,16H2,1-2H3. The molecule has 0 aromatic heterocycles. The number of amides is 1. The van der Waals surface area contributed by atoms with E-state index in [9.17, 15) is 9.90 Å². The summed E-state index contributed by atoms with van der Waals surface area (Å²) in [6.07, 6.45) is 3.53. The van der Waals surface area contributed by atoms with Crippen LogP contribution in [0.3, 0.4) is 0 Å². The molecule has 1 aliphatic rings. The Labute approximate surface area is 119 Å². The topological polar surface area (TPSA) is 75.8 Å². The van der Waals surface area contributed by atoms with Crippen molar-refractivity contribution in [3.05, 3.63) is 23.8 Å². The van der Waals surface area contributed by atoms with Crippen LogP contribution in [0.5, 0.6) is 5.75 Å². The highest BCUT2D eigenvalue weighted by Crippen LogP contribution is 2.31. The zero-order valence-electron chi connectivity index (χ0n) is 12.1. The van der Waals surface area contributed by atoms with Crippen molar-refractivity contribution in [1.82, 2.24) is 4.90 Å². The Morgan fingerprint density at radius 3 is 2.70 bits per heavy atom. The SMILES string of the molecule is COc1c(N)cccc1C(=O)N(C)CC1(O)CCCC1. The van der Waals surface area contributed by atoms with Gasteiger partial charge < -0.3 is 20.5 Å². The molecule has 0 saturated heterocycles. The van der Waals surface area contributed by atoms with Crippen LogP contribution in [0.1, 0.15) is 36.0 Å². The van der Waals surface area contributed by atoms with Crippen LogP contribution in [0, 0.1) is 0 Å². The van der Waals surface area contributed by atoms with Gasteiger partial charge in [0, 0.05) is 13.6 Å². The molecule has 0 heterocycles. The number of carbonyl (C=O) groups is 1. The van der Waals surface area contributed by atoms with Gasteiger partial charge in [-0.05, 0) is 25.0 Å². The van der Waals surface area contributed by atoms with Gasteiger partial charge in [0.25, 0.3) is 5.91 Å². The highest BCUT2D eigenvalue weighted by atomic mass is 16.5. The molecular weight excluding hydrogens is 256 g/mol. The molecule has 0 atom stereocenters. The summed E-state index contributed by atoms with van der Waals surface area (Å²) >= 11 is 0. The number of nitrogen functional groups attached to an aromatic ring is 1. The van der Waals surface area contributed by atoms with E-state index >= 15 is 0 Å². The number of aliphatic hydroxyl groups is 1. The summed E-state index contributed by atoms with van der Waals surface area (Å²) in [7, 11) is 3.19. The zero-order valence-corrected chi connectivity index (χ0v) is 12.1. The zero-order chi connectivity index (χ0) is 14.8. The maximum Gasteiger partial charge on any atom is 0.257 e. The fourth-order valence-electron chi connectivity index (χ4n) is 2.86. The van der Waals surface area contributed by atoms with E-state index in [4.69, 9.17) is 10.5 Å². The molecular formula is C15H22N2O3. The smallest absolute Gasteiger partial charge is 0.257 e. The van der Waals surface area contributed by atoms with Crippen LogP contribution in [-0.2, 0) is 0 Å². The Morgan fingerprint density at radius 1 is 1.45 bits per heavy atom. The predicted octanol–water partition coefficient (Wildman–Crippen LogP) is 1.65. The number of ether oxygens (including phenoxy) is 1. The van der Waals surface area contributed by atoms with Gasteiger partial charge in [0.05, 0.1) is 24.0 Å². The van der Waals surface area contributed by atoms with Gasteiger partial charge in [-0.25, -0.2) is 0 Å². The van der Waals surface area contributed by atoms with Crippen LogP contribution >= 0.6 is 0 Å². The van der Waals surface area contributed by atoms with E-state index in [0.717, 1.165) is 25.7 Å². The fraction of sp³-hybridized carbons (Fsp3) is 0.533. The number of benzene rings is 1. The first-order valence-corrected chi connectivity index (χ1v) is 6.87. The van der Waals surface area contributed by atoms with Gasteiger partial charge >= 0.3 is 0 Å². The number of nitrogens with zero attached hydrogens (tertiary/aromatic N) is 1. The molecule has 5 heteroatoms. The van der Waals surface area contributed by atoms with Crippen molar-refractivity contribution >= 4 is 11.6 Å². The number of likely N-dealkylation sites (N-methyl/N-ethyl adjacent to an activating group) is 1. The molecule has 0 bridgehead atoms. The molecule has 1 aromatic rings. The summed E-state index contributed by atoms with van der Waals surface area (Å²) < 4.78 is 5.21. The van der Waals surface area contributed by atoms with Crippen molar-refractivity contribution in [2.45, 2.75) is 31.3 Å². The summed E-state index contributed by atoms with van der Waals surface area (Å²) in [6.45, 7) is 0.337. The molecule has 20 heavy (non-hydrogen) atoms. The van der Waals surface area contributed by atoms with Crippen molar-refractivity contribution in [3.63, 3.8) is 0 Å². The fourth-order valence-corrected chi connectivity index (χ4v) is 2.86. The molecule has 0 unspecified atom stereocenters. The second-order valence-electron chi connectivity index (χ2n) is 5.52. The molecule has 1 aliphatic carbocycles. The van der Waals surface area contributed by atoms with E-state index < -0.39 is 5.60 Å². The van der Waals surface area contributed by atoms with E-state index in [1.807, 2.05) is 0 Å². The van der Waals surface area contributed by atoms with Crippen molar-refractivity contribution < 1.29 is 14.6 Å². The molecule has 0 spiro atoms. The first-order valence-electron chi connectivity index (χ1n) is 6.87. The van der Waals surface area contributed by atoms with Crippen LogP contribution in [0.25, 0.3) is 0 Å². The second kappa shape index (κ2) is 5.71. The number of para-hydroxylation sites is 1. The molecule has 3 N–H and O–H groups in total. The number of hydrogen-bond acceptors (Lipinski definition) is 4. The average Bonchev–Trinajstić information content (AvgIpc) is 2.84. The Hall–Kier alpha value is -1.75. The molecule has 1 amide bonds. The first kappa shape index (κ1) is 14.7. The number of anilines is 1. The monoisotopic (exact) mass is 278 g/mol. The van der Waals surface area contributed by atoms with E-state index in [1.54, 1.807) is 30.1 Å². The van der Waals surface area contributed by atoms with Crippen molar-refractivity contribution in [3.8, 4) is 5.75 Å². The molecule has 1 fully saturated rings. The minimum absolute atomic E-state index is 0.186.